The van der Waals surface area contributed by atoms with Crippen LogP contribution in [0.2, 0.25) is 0 Å². The van der Waals surface area contributed by atoms with E-state index < -0.39 is 7.91 Å². The highest BCUT2D eigenvalue weighted by Crippen LogP contribution is 2.43. The van der Waals surface area contributed by atoms with Crippen LogP contribution < -0.4 is 0 Å². The summed E-state index contributed by atoms with van der Waals surface area (Å²) < 4.78 is 25.7. The second-order valence-corrected chi connectivity index (χ2v) is 3.51. The van der Waals surface area contributed by atoms with Crippen LogP contribution in [0.3, 0.4) is 0 Å². The first-order valence-corrected chi connectivity index (χ1v) is 5.20. The summed E-state index contributed by atoms with van der Waals surface area (Å²) in [7, 11) is -4.71. The van der Waals surface area contributed by atoms with E-state index in [0.29, 0.717) is 6.42 Å². The smallest absolute Gasteiger partial charge is 0.299 e. The summed E-state index contributed by atoms with van der Waals surface area (Å²) in [6, 6.07) is 0. The van der Waals surface area contributed by atoms with Crippen molar-refractivity contribution >= 4 is 7.91 Å². The molecule has 1 atom stereocenters. The third kappa shape index (κ3) is 10.1. The van der Waals surface area contributed by atoms with Gasteiger partial charge in [0.05, 0.1) is 6.61 Å². The molecular weight excluding hydrogens is 170 g/mol. The van der Waals surface area contributed by atoms with Gasteiger partial charge in [-0.15, -0.1) is 4.20 Å². The monoisotopic (exact) mass is 184 g/mol. The molecule has 0 saturated heterocycles. The fraction of sp³-hybridized carbons (Fsp3) is 1.00. The lowest BCUT2D eigenvalue weighted by atomic mass is 10.2. The Morgan fingerprint density at radius 1 is 1.45 bits per heavy atom. The summed E-state index contributed by atoms with van der Waals surface area (Å²) >= 11 is 0. The molecule has 3 nitrogen and oxygen atoms in total. The first-order valence-electron chi connectivity index (χ1n) is 3.73. The number of hydrogen-bond acceptors (Lipinski definition) is 2. The van der Waals surface area contributed by atoms with Crippen molar-refractivity contribution < 1.29 is 18.2 Å². The number of hydrogen-bond donors (Lipinski definition) is 1. The molecule has 0 aromatic carbocycles. The Morgan fingerprint density at radius 3 is 2.55 bits per heavy atom. The molecule has 68 valence electrons. The minimum atomic E-state index is -4.71. The van der Waals surface area contributed by atoms with Gasteiger partial charge in [-0.25, -0.2) is 4.57 Å². The summed E-state index contributed by atoms with van der Waals surface area (Å²) in [5, 5.41) is 0. The summed E-state index contributed by atoms with van der Waals surface area (Å²) in [4.78, 5) is 8.04. The molecule has 11 heavy (non-hydrogen) atoms. The molecule has 5 heteroatoms. The van der Waals surface area contributed by atoms with E-state index >= 15 is 0 Å². The van der Waals surface area contributed by atoms with Crippen molar-refractivity contribution in [1.82, 2.24) is 0 Å². The average Bonchev–Trinajstić information content (AvgIpc) is 1.85. The molecule has 1 N–H and O–H groups in total. The molecule has 0 aliphatic rings. The molecule has 0 fully saturated rings. The largest absolute Gasteiger partial charge is 0.510 e. The van der Waals surface area contributed by atoms with Gasteiger partial charge in [0, 0.05) is 0 Å². The molecule has 0 aliphatic heterocycles. The van der Waals surface area contributed by atoms with Crippen LogP contribution in [0.1, 0.15) is 32.6 Å². The molecule has 0 saturated carbocycles. The van der Waals surface area contributed by atoms with Gasteiger partial charge in [-0.2, -0.15) is 0 Å². The van der Waals surface area contributed by atoms with E-state index in [2.05, 4.69) is 4.52 Å². The maximum Gasteiger partial charge on any atom is 0.510 e. The topological polar surface area (TPSA) is 46.5 Å². The van der Waals surface area contributed by atoms with E-state index in [0.717, 1.165) is 19.3 Å². The molecular formula is C6H14FO3P. The average molecular weight is 184 g/mol. The van der Waals surface area contributed by atoms with Gasteiger partial charge in [-0.1, -0.05) is 26.2 Å². The minimum absolute atomic E-state index is 0.0320. The van der Waals surface area contributed by atoms with Crippen LogP contribution in [0.4, 0.5) is 4.20 Å². The van der Waals surface area contributed by atoms with Crippen molar-refractivity contribution in [2.24, 2.45) is 0 Å². The summed E-state index contributed by atoms with van der Waals surface area (Å²) in [5.74, 6) is 0. The molecule has 0 spiro atoms. The number of halogens is 1. The Balaban J connectivity index is 3.09. The Labute approximate surface area is 66.2 Å². The van der Waals surface area contributed by atoms with Crippen LogP contribution >= 0.6 is 7.91 Å². The van der Waals surface area contributed by atoms with Gasteiger partial charge in [0.25, 0.3) is 0 Å². The molecule has 0 amide bonds. The highest BCUT2D eigenvalue weighted by molar-refractivity contribution is 7.46. The standard InChI is InChI=1S/C6H14FO3P/c1-2-3-4-5-6-10-11(7,8)9/h2-6H2,1H3,(H,8,9). The van der Waals surface area contributed by atoms with Gasteiger partial charge in [0.1, 0.15) is 0 Å². The summed E-state index contributed by atoms with van der Waals surface area (Å²) in [5.41, 5.74) is 0. The number of rotatable bonds is 6. The molecule has 1 unspecified atom stereocenters. The van der Waals surface area contributed by atoms with Crippen LogP contribution in [-0.4, -0.2) is 11.5 Å². The normalized spacial score (nSPS) is 16.3. The second-order valence-electron chi connectivity index (χ2n) is 2.35. The van der Waals surface area contributed by atoms with Gasteiger partial charge in [0.2, 0.25) is 0 Å². The summed E-state index contributed by atoms with van der Waals surface area (Å²) in [6.45, 7) is 2.08. The SMILES string of the molecule is CCCCCCOP(=O)(O)F. The van der Waals surface area contributed by atoms with Crippen molar-refractivity contribution in [2.45, 2.75) is 32.6 Å². The first-order chi connectivity index (χ1) is 5.06. The molecule has 0 rings (SSSR count). The van der Waals surface area contributed by atoms with Crippen LogP contribution in [-0.2, 0) is 9.09 Å². The Morgan fingerprint density at radius 2 is 2.09 bits per heavy atom. The fourth-order valence-corrected chi connectivity index (χ4v) is 1.06. The van der Waals surface area contributed by atoms with Gasteiger partial charge < -0.3 is 0 Å². The summed E-state index contributed by atoms with van der Waals surface area (Å²) in [6.07, 6.45) is 3.68. The van der Waals surface area contributed by atoms with E-state index in [1.807, 2.05) is 6.92 Å². The van der Waals surface area contributed by atoms with Crippen molar-refractivity contribution in [3.05, 3.63) is 0 Å². The zero-order valence-electron chi connectivity index (χ0n) is 6.62. The van der Waals surface area contributed by atoms with Gasteiger partial charge in [0.15, 0.2) is 0 Å². The second kappa shape index (κ2) is 5.70. The predicted octanol–water partition coefficient (Wildman–Crippen LogP) is 2.65. The first kappa shape index (κ1) is 11.1. The highest BCUT2D eigenvalue weighted by atomic mass is 31.2. The Bertz CT molecular complexity index is 134. The third-order valence-corrected chi connectivity index (χ3v) is 1.75. The predicted molar refractivity (Wildman–Crippen MR) is 41.0 cm³/mol. The van der Waals surface area contributed by atoms with Crippen molar-refractivity contribution in [2.75, 3.05) is 6.61 Å². The zero-order valence-corrected chi connectivity index (χ0v) is 7.52. The van der Waals surface area contributed by atoms with Crippen LogP contribution in [0.5, 0.6) is 0 Å². The van der Waals surface area contributed by atoms with E-state index in [4.69, 9.17) is 4.89 Å². The van der Waals surface area contributed by atoms with Crippen LogP contribution in [0.15, 0.2) is 0 Å². The lowest BCUT2D eigenvalue weighted by Crippen LogP contribution is -1.89. The van der Waals surface area contributed by atoms with Crippen LogP contribution in [0.25, 0.3) is 0 Å². The van der Waals surface area contributed by atoms with Gasteiger partial charge in [-0.3, -0.25) is 9.42 Å². The van der Waals surface area contributed by atoms with Gasteiger partial charge in [-0.05, 0) is 6.42 Å². The highest BCUT2D eigenvalue weighted by Gasteiger charge is 2.15. The maximum atomic E-state index is 11.8. The Hall–Kier alpha value is 0.0800. The lowest BCUT2D eigenvalue weighted by Gasteiger charge is -2.01. The number of unbranched alkanes of at least 4 members (excludes halogenated alkanes) is 3. The molecule has 0 aromatic heterocycles. The maximum absolute atomic E-state index is 11.8. The molecule has 0 radical (unpaired) electrons. The molecule has 0 heterocycles. The lowest BCUT2D eigenvalue weighted by molar-refractivity contribution is 0.222. The van der Waals surface area contributed by atoms with Crippen LogP contribution in [0, 0.1) is 0 Å². The molecule has 0 aliphatic carbocycles. The zero-order chi connectivity index (χ0) is 8.74. The van der Waals surface area contributed by atoms with Crippen molar-refractivity contribution in [3.8, 4) is 0 Å². The fourth-order valence-electron chi connectivity index (χ4n) is 0.706. The van der Waals surface area contributed by atoms with Crippen molar-refractivity contribution in [1.29, 1.82) is 0 Å². The van der Waals surface area contributed by atoms with E-state index in [9.17, 15) is 8.76 Å². The molecule has 0 bridgehead atoms. The third-order valence-electron chi connectivity index (χ3n) is 1.25. The van der Waals surface area contributed by atoms with E-state index in [1.165, 1.54) is 0 Å². The van der Waals surface area contributed by atoms with E-state index in [1.54, 1.807) is 0 Å². The van der Waals surface area contributed by atoms with E-state index in [-0.39, 0.29) is 6.61 Å². The Kier molecular flexibility index (Phi) is 5.74. The van der Waals surface area contributed by atoms with Crippen molar-refractivity contribution in [3.63, 3.8) is 0 Å². The van der Waals surface area contributed by atoms with Gasteiger partial charge >= 0.3 is 7.91 Å². The minimum Gasteiger partial charge on any atom is -0.299 e. The quantitative estimate of drug-likeness (QED) is 0.509. The molecule has 0 aromatic rings.